The van der Waals surface area contributed by atoms with E-state index in [1.54, 1.807) is 16.9 Å². The van der Waals surface area contributed by atoms with Gasteiger partial charge in [-0.3, -0.25) is 4.68 Å². The molecule has 112 valence electrons. The zero-order valence-electron chi connectivity index (χ0n) is 11.4. The molecule has 0 amide bonds. The van der Waals surface area contributed by atoms with E-state index in [4.69, 9.17) is 26.2 Å². The number of rotatable bonds is 5. The van der Waals surface area contributed by atoms with Gasteiger partial charge in [-0.15, -0.1) is 0 Å². The summed E-state index contributed by atoms with van der Waals surface area (Å²) in [4.78, 5) is 0. The van der Waals surface area contributed by atoms with E-state index in [-0.39, 0.29) is 6.61 Å². The van der Waals surface area contributed by atoms with Crippen LogP contribution in [-0.4, -0.2) is 34.7 Å². The average molecular weight is 310 g/mol. The highest BCUT2D eigenvalue weighted by molar-refractivity contribution is 6.33. The molecule has 21 heavy (non-hydrogen) atoms. The first-order valence-electron chi connectivity index (χ1n) is 6.71. The predicted molar refractivity (Wildman–Crippen MR) is 79.1 cm³/mol. The second-order valence-corrected chi connectivity index (χ2v) is 5.07. The van der Waals surface area contributed by atoms with Crippen LogP contribution in [0.2, 0.25) is 5.02 Å². The second-order valence-electron chi connectivity index (χ2n) is 4.66. The molecule has 7 heteroatoms. The van der Waals surface area contributed by atoms with Crippen molar-refractivity contribution in [3.8, 4) is 11.5 Å². The molecule has 0 radical (unpaired) electrons. The SMILES string of the molecule is OCCn1cc(CNc2cc3c(cc2Cl)OCCO3)cn1. The summed E-state index contributed by atoms with van der Waals surface area (Å²) in [7, 11) is 0. The van der Waals surface area contributed by atoms with Crippen LogP contribution >= 0.6 is 11.6 Å². The number of aromatic nitrogens is 2. The van der Waals surface area contributed by atoms with Crippen LogP contribution < -0.4 is 14.8 Å². The molecule has 3 rings (SSSR count). The summed E-state index contributed by atoms with van der Waals surface area (Å²) in [6.45, 7) is 2.24. The first-order valence-corrected chi connectivity index (χ1v) is 7.09. The van der Waals surface area contributed by atoms with E-state index in [2.05, 4.69) is 10.4 Å². The van der Waals surface area contributed by atoms with Gasteiger partial charge in [0.05, 0.1) is 30.1 Å². The third-order valence-corrected chi connectivity index (χ3v) is 3.44. The number of nitrogens with one attached hydrogen (secondary N) is 1. The molecule has 0 saturated heterocycles. The van der Waals surface area contributed by atoms with Gasteiger partial charge in [-0.2, -0.15) is 5.10 Å². The minimum Gasteiger partial charge on any atom is -0.486 e. The smallest absolute Gasteiger partial charge is 0.163 e. The van der Waals surface area contributed by atoms with Gasteiger partial charge in [-0.1, -0.05) is 11.6 Å². The fraction of sp³-hybridized carbons (Fsp3) is 0.357. The molecule has 0 unspecified atom stereocenters. The molecular weight excluding hydrogens is 294 g/mol. The number of anilines is 1. The summed E-state index contributed by atoms with van der Waals surface area (Å²) in [5.41, 5.74) is 1.80. The Balaban J connectivity index is 1.69. The van der Waals surface area contributed by atoms with Gasteiger partial charge < -0.3 is 19.9 Å². The Bertz CT molecular complexity index is 630. The predicted octanol–water partition coefficient (Wildman–Crippen LogP) is 1.91. The topological polar surface area (TPSA) is 68.5 Å². The van der Waals surface area contributed by atoms with Crippen molar-refractivity contribution in [2.75, 3.05) is 25.1 Å². The fourth-order valence-electron chi connectivity index (χ4n) is 2.12. The Morgan fingerprint density at radius 1 is 1.29 bits per heavy atom. The molecule has 2 heterocycles. The molecule has 1 aliphatic heterocycles. The number of hydrogen-bond acceptors (Lipinski definition) is 5. The molecule has 6 nitrogen and oxygen atoms in total. The normalized spacial score (nSPS) is 13.2. The Morgan fingerprint density at radius 3 is 2.81 bits per heavy atom. The van der Waals surface area contributed by atoms with Gasteiger partial charge >= 0.3 is 0 Å². The van der Waals surface area contributed by atoms with Crippen LogP contribution in [0, 0.1) is 0 Å². The maximum atomic E-state index is 8.87. The number of aliphatic hydroxyl groups excluding tert-OH is 1. The van der Waals surface area contributed by atoms with Crippen molar-refractivity contribution in [2.24, 2.45) is 0 Å². The molecule has 1 aromatic heterocycles. The first-order chi connectivity index (χ1) is 10.3. The molecule has 1 aromatic carbocycles. The molecule has 0 spiro atoms. The minimum atomic E-state index is 0.0720. The lowest BCUT2D eigenvalue weighted by Gasteiger charge is -2.20. The number of halogens is 1. The maximum Gasteiger partial charge on any atom is 0.163 e. The van der Waals surface area contributed by atoms with Crippen LogP contribution in [-0.2, 0) is 13.1 Å². The molecule has 2 aromatic rings. The molecule has 0 fully saturated rings. The van der Waals surface area contributed by atoms with Crippen molar-refractivity contribution in [1.29, 1.82) is 0 Å². The lowest BCUT2D eigenvalue weighted by atomic mass is 10.2. The van der Waals surface area contributed by atoms with Gasteiger partial charge in [0, 0.05) is 30.4 Å². The van der Waals surface area contributed by atoms with E-state index in [1.807, 2.05) is 12.3 Å². The third-order valence-electron chi connectivity index (χ3n) is 3.13. The van der Waals surface area contributed by atoms with Crippen molar-refractivity contribution < 1.29 is 14.6 Å². The van der Waals surface area contributed by atoms with Crippen molar-refractivity contribution in [3.05, 3.63) is 35.1 Å². The van der Waals surface area contributed by atoms with E-state index in [0.29, 0.717) is 42.8 Å². The molecule has 0 aliphatic carbocycles. The van der Waals surface area contributed by atoms with Crippen molar-refractivity contribution in [3.63, 3.8) is 0 Å². The Kier molecular flexibility index (Phi) is 4.17. The Labute approximate surface area is 127 Å². The van der Waals surface area contributed by atoms with Crippen LogP contribution in [0.5, 0.6) is 11.5 Å². The number of fused-ring (bicyclic) bond motifs is 1. The standard InChI is InChI=1S/C14H16ClN3O3/c15-11-5-13-14(21-4-3-20-13)6-12(11)16-7-10-8-17-18(9-10)1-2-19/h5-6,8-9,16,19H,1-4,7H2. The van der Waals surface area contributed by atoms with Crippen LogP contribution in [0.1, 0.15) is 5.56 Å². The molecule has 1 aliphatic rings. The van der Waals surface area contributed by atoms with Crippen LogP contribution in [0.4, 0.5) is 5.69 Å². The molecule has 0 atom stereocenters. The van der Waals surface area contributed by atoms with Crippen molar-refractivity contribution >= 4 is 17.3 Å². The van der Waals surface area contributed by atoms with E-state index < -0.39 is 0 Å². The molecule has 0 bridgehead atoms. The summed E-state index contributed by atoms with van der Waals surface area (Å²) >= 11 is 6.23. The third kappa shape index (κ3) is 3.22. The lowest BCUT2D eigenvalue weighted by molar-refractivity contribution is 0.171. The number of benzene rings is 1. The summed E-state index contributed by atoms with van der Waals surface area (Å²) in [6.07, 6.45) is 3.64. The van der Waals surface area contributed by atoms with E-state index in [0.717, 1.165) is 11.3 Å². The first kappa shape index (κ1) is 14.0. The average Bonchev–Trinajstić information content (AvgIpc) is 2.93. The van der Waals surface area contributed by atoms with E-state index in [9.17, 15) is 0 Å². The Hall–Kier alpha value is -1.92. The van der Waals surface area contributed by atoms with E-state index in [1.165, 1.54) is 0 Å². The van der Waals surface area contributed by atoms with Gasteiger partial charge in [-0.05, 0) is 0 Å². The van der Waals surface area contributed by atoms with Gasteiger partial charge in [0.2, 0.25) is 0 Å². The second kappa shape index (κ2) is 6.24. The van der Waals surface area contributed by atoms with E-state index >= 15 is 0 Å². The highest BCUT2D eigenvalue weighted by atomic mass is 35.5. The highest BCUT2D eigenvalue weighted by Crippen LogP contribution is 2.38. The van der Waals surface area contributed by atoms with Gasteiger partial charge in [0.1, 0.15) is 13.2 Å². The number of hydrogen-bond donors (Lipinski definition) is 2. The van der Waals surface area contributed by atoms with Crippen molar-refractivity contribution in [1.82, 2.24) is 9.78 Å². The highest BCUT2D eigenvalue weighted by Gasteiger charge is 2.15. The summed E-state index contributed by atoms with van der Waals surface area (Å²) in [6, 6.07) is 3.60. The largest absolute Gasteiger partial charge is 0.486 e. The Morgan fingerprint density at radius 2 is 2.05 bits per heavy atom. The zero-order chi connectivity index (χ0) is 14.7. The summed E-state index contributed by atoms with van der Waals surface area (Å²) < 4.78 is 12.7. The number of ether oxygens (including phenoxy) is 2. The zero-order valence-corrected chi connectivity index (χ0v) is 12.1. The molecule has 0 saturated carbocycles. The minimum absolute atomic E-state index is 0.0720. The fourth-order valence-corrected chi connectivity index (χ4v) is 2.34. The van der Waals surface area contributed by atoms with Crippen molar-refractivity contribution in [2.45, 2.75) is 13.1 Å². The van der Waals surface area contributed by atoms with Crippen LogP contribution in [0.15, 0.2) is 24.5 Å². The molecule has 2 N–H and O–H groups in total. The quantitative estimate of drug-likeness (QED) is 0.883. The van der Waals surface area contributed by atoms with Crippen LogP contribution in [0.3, 0.4) is 0 Å². The summed E-state index contributed by atoms with van der Waals surface area (Å²) in [5.74, 6) is 1.37. The van der Waals surface area contributed by atoms with Crippen LogP contribution in [0.25, 0.3) is 0 Å². The monoisotopic (exact) mass is 309 g/mol. The number of aliphatic hydroxyl groups is 1. The van der Waals surface area contributed by atoms with Gasteiger partial charge in [0.25, 0.3) is 0 Å². The van der Waals surface area contributed by atoms with Gasteiger partial charge in [-0.25, -0.2) is 0 Å². The lowest BCUT2D eigenvalue weighted by Crippen LogP contribution is -2.15. The summed E-state index contributed by atoms with van der Waals surface area (Å²) in [5, 5.41) is 16.9. The van der Waals surface area contributed by atoms with Gasteiger partial charge in [0.15, 0.2) is 11.5 Å². The number of nitrogens with zero attached hydrogens (tertiary/aromatic N) is 2. The molecular formula is C14H16ClN3O3. The maximum absolute atomic E-state index is 8.87.